The average molecular weight is 431 g/mol. The van der Waals surface area contributed by atoms with E-state index in [2.05, 4.69) is 5.32 Å². The summed E-state index contributed by atoms with van der Waals surface area (Å²) in [6.45, 7) is 7.34. The zero-order valence-electron chi connectivity index (χ0n) is 17.8. The molecule has 0 spiro atoms. The molecule has 0 unspecified atom stereocenters. The summed E-state index contributed by atoms with van der Waals surface area (Å²) >= 11 is 0. The van der Waals surface area contributed by atoms with Gasteiger partial charge in [0.1, 0.15) is 5.75 Å². The number of amides is 1. The smallest absolute Gasteiger partial charge is 0.243 e. The number of ether oxygens (including phenoxy) is 1. The third-order valence-corrected chi connectivity index (χ3v) is 7.25. The Bertz CT molecular complexity index is 1000. The molecule has 0 aromatic heterocycles. The molecule has 1 aliphatic rings. The quantitative estimate of drug-likeness (QED) is 0.730. The first-order valence-electron chi connectivity index (χ1n) is 10.4. The SMILES string of the molecule is CCOc1ccc(S(=O)(=O)N2CCC[C@H](C(=O)NCc3cccc(C)c3)C2)cc1C. The summed E-state index contributed by atoms with van der Waals surface area (Å²) in [5.74, 6) is 0.241. The van der Waals surface area contributed by atoms with Gasteiger partial charge in [0.05, 0.1) is 17.4 Å². The van der Waals surface area contributed by atoms with E-state index in [1.54, 1.807) is 18.2 Å². The fourth-order valence-electron chi connectivity index (χ4n) is 3.78. The Morgan fingerprint density at radius 2 is 2.00 bits per heavy atom. The Balaban J connectivity index is 1.67. The summed E-state index contributed by atoms with van der Waals surface area (Å²) in [5, 5.41) is 2.96. The van der Waals surface area contributed by atoms with Gasteiger partial charge in [-0.1, -0.05) is 29.8 Å². The first kappa shape index (κ1) is 22.3. The van der Waals surface area contributed by atoms with Gasteiger partial charge in [-0.15, -0.1) is 0 Å². The maximum absolute atomic E-state index is 13.1. The molecule has 0 aliphatic carbocycles. The topological polar surface area (TPSA) is 75.7 Å². The number of piperidine rings is 1. The van der Waals surface area contributed by atoms with E-state index in [9.17, 15) is 13.2 Å². The highest BCUT2D eigenvalue weighted by Gasteiger charge is 2.33. The van der Waals surface area contributed by atoms with Gasteiger partial charge in [0.2, 0.25) is 15.9 Å². The number of aryl methyl sites for hydroxylation is 2. The number of nitrogens with one attached hydrogen (secondary N) is 1. The van der Waals surface area contributed by atoms with Crippen LogP contribution in [0.4, 0.5) is 0 Å². The van der Waals surface area contributed by atoms with Crippen LogP contribution in [0.25, 0.3) is 0 Å². The van der Waals surface area contributed by atoms with Crippen LogP contribution in [0.2, 0.25) is 0 Å². The van der Waals surface area contributed by atoms with Crippen molar-refractivity contribution in [3.05, 3.63) is 59.2 Å². The highest BCUT2D eigenvalue weighted by atomic mass is 32.2. The number of benzene rings is 2. The molecular formula is C23H30N2O4S. The number of nitrogens with zero attached hydrogens (tertiary/aromatic N) is 1. The van der Waals surface area contributed by atoms with Crippen molar-refractivity contribution in [3.8, 4) is 5.75 Å². The molecule has 1 heterocycles. The average Bonchev–Trinajstić information content (AvgIpc) is 2.73. The van der Waals surface area contributed by atoms with Crippen LogP contribution in [0, 0.1) is 19.8 Å². The van der Waals surface area contributed by atoms with Gasteiger partial charge in [0.15, 0.2) is 0 Å². The molecule has 1 saturated heterocycles. The lowest BCUT2D eigenvalue weighted by Crippen LogP contribution is -2.45. The first-order chi connectivity index (χ1) is 14.3. The third-order valence-electron chi connectivity index (χ3n) is 5.39. The van der Waals surface area contributed by atoms with E-state index in [1.807, 2.05) is 45.0 Å². The molecule has 1 fully saturated rings. The lowest BCUT2D eigenvalue weighted by Gasteiger charge is -2.31. The molecule has 0 saturated carbocycles. The summed E-state index contributed by atoms with van der Waals surface area (Å²) in [6, 6.07) is 12.9. The Morgan fingerprint density at radius 1 is 1.20 bits per heavy atom. The van der Waals surface area contributed by atoms with Crippen LogP contribution in [0.5, 0.6) is 5.75 Å². The van der Waals surface area contributed by atoms with Crippen molar-refractivity contribution in [3.63, 3.8) is 0 Å². The summed E-state index contributed by atoms with van der Waals surface area (Å²) in [6.07, 6.45) is 1.35. The Kier molecular flexibility index (Phi) is 7.15. The zero-order valence-corrected chi connectivity index (χ0v) is 18.7. The van der Waals surface area contributed by atoms with E-state index in [0.717, 1.165) is 16.7 Å². The normalized spacial score (nSPS) is 17.5. The van der Waals surface area contributed by atoms with Gasteiger partial charge in [-0.3, -0.25) is 4.79 Å². The van der Waals surface area contributed by atoms with Gasteiger partial charge in [-0.05, 0) is 62.9 Å². The standard InChI is InChI=1S/C23H30N2O4S/c1-4-29-22-11-10-21(14-18(22)3)30(27,28)25-12-6-9-20(16-25)23(26)24-15-19-8-5-7-17(2)13-19/h5,7-8,10-11,13-14,20H,4,6,9,12,15-16H2,1-3H3,(H,24,26)/t20-/m0/s1. The summed E-state index contributed by atoms with van der Waals surface area (Å²) in [5.41, 5.74) is 2.96. The molecule has 0 bridgehead atoms. The van der Waals surface area contributed by atoms with Crippen LogP contribution in [-0.2, 0) is 21.4 Å². The van der Waals surface area contributed by atoms with Crippen LogP contribution in [0.15, 0.2) is 47.4 Å². The third kappa shape index (κ3) is 5.21. The molecule has 3 rings (SSSR count). The van der Waals surface area contributed by atoms with Crippen molar-refractivity contribution in [2.24, 2.45) is 5.92 Å². The van der Waals surface area contributed by atoms with Crippen molar-refractivity contribution in [2.75, 3.05) is 19.7 Å². The minimum atomic E-state index is -3.66. The van der Waals surface area contributed by atoms with Crippen molar-refractivity contribution >= 4 is 15.9 Å². The maximum atomic E-state index is 13.1. The maximum Gasteiger partial charge on any atom is 0.243 e. The lowest BCUT2D eigenvalue weighted by molar-refractivity contribution is -0.126. The molecular weight excluding hydrogens is 400 g/mol. The second kappa shape index (κ2) is 9.62. The van der Waals surface area contributed by atoms with Gasteiger partial charge in [-0.25, -0.2) is 8.42 Å². The molecule has 2 aromatic carbocycles. The number of rotatable bonds is 7. The van der Waals surface area contributed by atoms with Crippen LogP contribution in [0.3, 0.4) is 0 Å². The molecule has 1 aliphatic heterocycles. The van der Waals surface area contributed by atoms with E-state index in [4.69, 9.17) is 4.74 Å². The van der Waals surface area contributed by atoms with Crippen molar-refractivity contribution in [2.45, 2.75) is 45.1 Å². The summed E-state index contributed by atoms with van der Waals surface area (Å²) in [7, 11) is -3.66. The molecule has 1 atom stereocenters. The van der Waals surface area contributed by atoms with Crippen LogP contribution < -0.4 is 10.1 Å². The van der Waals surface area contributed by atoms with Crippen molar-refractivity contribution in [1.82, 2.24) is 9.62 Å². The van der Waals surface area contributed by atoms with E-state index in [-0.39, 0.29) is 23.3 Å². The van der Waals surface area contributed by atoms with Gasteiger partial charge >= 0.3 is 0 Å². The zero-order chi connectivity index (χ0) is 21.7. The Hall–Kier alpha value is -2.38. The van der Waals surface area contributed by atoms with E-state index in [1.165, 1.54) is 4.31 Å². The predicted octanol–water partition coefficient (Wildman–Crippen LogP) is 3.42. The second-order valence-electron chi connectivity index (χ2n) is 7.77. The van der Waals surface area contributed by atoms with Gasteiger partial charge in [0, 0.05) is 19.6 Å². The summed E-state index contributed by atoms with van der Waals surface area (Å²) in [4.78, 5) is 12.9. The fraction of sp³-hybridized carbons (Fsp3) is 0.435. The van der Waals surface area contributed by atoms with E-state index >= 15 is 0 Å². The number of carbonyl (C=O) groups is 1. The predicted molar refractivity (Wildman–Crippen MR) is 117 cm³/mol. The molecule has 1 N–H and O–H groups in total. The molecule has 6 nitrogen and oxygen atoms in total. The lowest BCUT2D eigenvalue weighted by atomic mass is 9.98. The first-order valence-corrected chi connectivity index (χ1v) is 11.8. The molecule has 2 aromatic rings. The van der Waals surface area contributed by atoms with Gasteiger partial charge in [-0.2, -0.15) is 4.31 Å². The number of hydrogen-bond acceptors (Lipinski definition) is 4. The molecule has 0 radical (unpaired) electrons. The van der Waals surface area contributed by atoms with Crippen LogP contribution >= 0.6 is 0 Å². The number of carbonyl (C=O) groups excluding carboxylic acids is 1. The second-order valence-corrected chi connectivity index (χ2v) is 9.71. The number of hydrogen-bond donors (Lipinski definition) is 1. The summed E-state index contributed by atoms with van der Waals surface area (Å²) < 4.78 is 33.2. The Labute approximate surface area is 179 Å². The monoisotopic (exact) mass is 430 g/mol. The minimum absolute atomic E-state index is 0.0979. The largest absolute Gasteiger partial charge is 0.494 e. The number of sulfonamides is 1. The van der Waals surface area contributed by atoms with Crippen LogP contribution in [-0.4, -0.2) is 38.3 Å². The molecule has 162 valence electrons. The van der Waals surface area contributed by atoms with Gasteiger partial charge < -0.3 is 10.1 Å². The van der Waals surface area contributed by atoms with E-state index in [0.29, 0.717) is 38.3 Å². The molecule has 30 heavy (non-hydrogen) atoms. The van der Waals surface area contributed by atoms with Crippen molar-refractivity contribution < 1.29 is 17.9 Å². The van der Waals surface area contributed by atoms with Gasteiger partial charge in [0.25, 0.3) is 0 Å². The highest BCUT2D eigenvalue weighted by molar-refractivity contribution is 7.89. The molecule has 7 heteroatoms. The van der Waals surface area contributed by atoms with Crippen molar-refractivity contribution in [1.29, 1.82) is 0 Å². The van der Waals surface area contributed by atoms with Crippen LogP contribution in [0.1, 0.15) is 36.5 Å². The minimum Gasteiger partial charge on any atom is -0.494 e. The Morgan fingerprint density at radius 3 is 2.70 bits per heavy atom. The molecule has 1 amide bonds. The fourth-order valence-corrected chi connectivity index (χ4v) is 5.39. The highest BCUT2D eigenvalue weighted by Crippen LogP contribution is 2.27. The van der Waals surface area contributed by atoms with E-state index < -0.39 is 10.0 Å².